The number of hydrogen-bond acceptors (Lipinski definition) is 9. The maximum Gasteiger partial charge on any atom is 0.393 e. The summed E-state index contributed by atoms with van der Waals surface area (Å²) in [6.45, 7) is 8.70. The second-order valence-corrected chi connectivity index (χ2v) is 13.1. The van der Waals surface area contributed by atoms with Gasteiger partial charge in [0.25, 0.3) is 0 Å². The zero-order valence-corrected chi connectivity index (χ0v) is 25.5. The van der Waals surface area contributed by atoms with Crippen molar-refractivity contribution in [3.05, 3.63) is 59.4 Å². The minimum absolute atomic E-state index is 0.0706. The van der Waals surface area contributed by atoms with Gasteiger partial charge >= 0.3 is 6.18 Å². The molecular formula is C32H34F3N7O2S. The fourth-order valence-electron chi connectivity index (χ4n) is 6.38. The number of likely N-dealkylation sites (tertiary alicyclic amines) is 2. The molecular weight excluding hydrogens is 603 g/mol. The maximum atomic E-state index is 12.9. The van der Waals surface area contributed by atoms with Crippen molar-refractivity contribution in [2.24, 2.45) is 5.92 Å². The Labute approximate surface area is 262 Å². The lowest BCUT2D eigenvalue weighted by atomic mass is 9.94. The first kappa shape index (κ1) is 31.0. The monoisotopic (exact) mass is 637 g/mol. The van der Waals surface area contributed by atoms with Gasteiger partial charge in [-0.15, -0.1) is 11.3 Å². The van der Waals surface area contributed by atoms with E-state index < -0.39 is 12.6 Å². The number of alkyl halides is 3. The number of anilines is 1. The number of piperidine rings is 1. The number of benzene rings is 1. The zero-order valence-electron chi connectivity index (χ0n) is 24.7. The lowest BCUT2D eigenvalue weighted by Crippen LogP contribution is -2.48. The van der Waals surface area contributed by atoms with Gasteiger partial charge in [-0.3, -0.25) is 9.69 Å². The number of aromatic nitrogens is 3. The third kappa shape index (κ3) is 7.13. The Kier molecular flexibility index (Phi) is 8.81. The van der Waals surface area contributed by atoms with Crippen LogP contribution in [0.2, 0.25) is 0 Å². The van der Waals surface area contributed by atoms with Gasteiger partial charge < -0.3 is 19.9 Å². The third-order valence-electron chi connectivity index (χ3n) is 8.68. The largest absolute Gasteiger partial charge is 0.508 e. The summed E-state index contributed by atoms with van der Waals surface area (Å²) in [7, 11) is 0. The molecule has 0 amide bonds. The summed E-state index contributed by atoms with van der Waals surface area (Å²) in [4.78, 5) is 25.4. The Morgan fingerprint density at radius 2 is 1.93 bits per heavy atom. The van der Waals surface area contributed by atoms with Crippen molar-refractivity contribution in [3.8, 4) is 11.8 Å². The van der Waals surface area contributed by atoms with Gasteiger partial charge in [0.05, 0.1) is 17.3 Å². The molecule has 0 spiro atoms. The van der Waals surface area contributed by atoms with Gasteiger partial charge in [-0.25, -0.2) is 9.97 Å². The minimum atomic E-state index is -4.27. The number of carbonyl (C=O) groups excluding carboxylic acids is 1. The second-order valence-electron chi connectivity index (χ2n) is 12.0. The molecule has 45 heavy (non-hydrogen) atoms. The standard InChI is InChI=1S/C32H34F3N7O2S/c1-2-25(43)9-20-16-41(17-20)7-8-42-24(15-36)11-21-10-22(29(44)13-28(21)42)18-40-5-3-23(4-6-40)39-30-27-12-26(14-32(33,34)35)45-31(27)38-19-37-30/h2,10-13,19-20,23,44H,1,3-9,14,16-18H2,(H,37,38,39). The summed E-state index contributed by atoms with van der Waals surface area (Å²) in [5.74, 6) is 1.17. The molecule has 0 atom stereocenters. The number of phenolic OH excluding ortho intramolecular Hbond substituents is 1. The number of thiophene rings is 1. The number of nitrogens with one attached hydrogen (secondary N) is 1. The van der Waals surface area contributed by atoms with Gasteiger partial charge in [0.15, 0.2) is 5.78 Å². The molecule has 2 aliphatic rings. The van der Waals surface area contributed by atoms with Crippen LogP contribution in [0.1, 0.15) is 35.4 Å². The van der Waals surface area contributed by atoms with Gasteiger partial charge in [0, 0.05) is 80.2 Å². The van der Waals surface area contributed by atoms with Gasteiger partial charge in [-0.1, -0.05) is 6.58 Å². The number of allylic oxidation sites excluding steroid dienone is 1. The van der Waals surface area contributed by atoms with Crippen LogP contribution in [0, 0.1) is 17.2 Å². The number of halogens is 3. The highest BCUT2D eigenvalue weighted by Crippen LogP contribution is 2.34. The van der Waals surface area contributed by atoms with Crippen molar-refractivity contribution < 1.29 is 23.1 Å². The van der Waals surface area contributed by atoms with Gasteiger partial charge in [-0.05, 0) is 43.0 Å². The number of ketones is 1. The van der Waals surface area contributed by atoms with Gasteiger partial charge in [0.1, 0.15) is 34.5 Å². The first-order chi connectivity index (χ1) is 21.6. The van der Waals surface area contributed by atoms with E-state index in [0.29, 0.717) is 47.2 Å². The highest BCUT2D eigenvalue weighted by Gasteiger charge is 2.30. The van der Waals surface area contributed by atoms with Crippen LogP contribution in [0.4, 0.5) is 19.0 Å². The van der Waals surface area contributed by atoms with Crippen molar-refractivity contribution in [1.29, 1.82) is 5.26 Å². The molecule has 4 aromatic rings. The Balaban J connectivity index is 1.05. The number of hydrogen-bond donors (Lipinski definition) is 2. The highest BCUT2D eigenvalue weighted by molar-refractivity contribution is 7.18. The summed E-state index contributed by atoms with van der Waals surface area (Å²) in [6.07, 6.45) is -0.356. The molecule has 0 bridgehead atoms. The van der Waals surface area contributed by atoms with E-state index in [4.69, 9.17) is 0 Å². The first-order valence-corrected chi connectivity index (χ1v) is 15.8. The number of rotatable bonds is 11. The normalized spacial score (nSPS) is 17.0. The smallest absolute Gasteiger partial charge is 0.393 e. The average molecular weight is 638 g/mol. The Bertz CT molecular complexity index is 1760. The van der Waals surface area contributed by atoms with Crippen LogP contribution in [0.15, 0.2) is 43.2 Å². The summed E-state index contributed by atoms with van der Waals surface area (Å²) in [5.41, 5.74) is 2.15. The Hall–Kier alpha value is -3.99. The van der Waals surface area contributed by atoms with E-state index in [1.165, 1.54) is 18.5 Å². The van der Waals surface area contributed by atoms with Crippen molar-refractivity contribution in [1.82, 2.24) is 24.3 Å². The van der Waals surface area contributed by atoms with Crippen LogP contribution in [0.25, 0.3) is 21.1 Å². The number of carbonyl (C=O) groups is 1. The number of fused-ring (bicyclic) bond motifs is 2. The predicted molar refractivity (Wildman–Crippen MR) is 167 cm³/mol. The van der Waals surface area contributed by atoms with Crippen LogP contribution in [-0.2, 0) is 24.3 Å². The van der Waals surface area contributed by atoms with Crippen LogP contribution >= 0.6 is 11.3 Å². The third-order valence-corrected chi connectivity index (χ3v) is 9.73. The number of nitrogens with zero attached hydrogens (tertiary/aromatic N) is 6. The highest BCUT2D eigenvalue weighted by atomic mass is 32.1. The van der Waals surface area contributed by atoms with E-state index in [9.17, 15) is 28.3 Å². The van der Waals surface area contributed by atoms with Crippen molar-refractivity contribution in [2.45, 2.75) is 51.0 Å². The molecule has 2 fully saturated rings. The first-order valence-electron chi connectivity index (χ1n) is 15.0. The second kappa shape index (κ2) is 12.8. The predicted octanol–water partition coefficient (Wildman–Crippen LogP) is 5.48. The van der Waals surface area contributed by atoms with Crippen LogP contribution in [0.5, 0.6) is 5.75 Å². The van der Waals surface area contributed by atoms with Crippen molar-refractivity contribution in [3.63, 3.8) is 0 Å². The van der Waals surface area contributed by atoms with E-state index >= 15 is 0 Å². The molecule has 0 saturated carbocycles. The van der Waals surface area contributed by atoms with E-state index in [2.05, 4.69) is 37.7 Å². The lowest BCUT2D eigenvalue weighted by molar-refractivity contribution is -0.126. The van der Waals surface area contributed by atoms with E-state index in [1.807, 2.05) is 16.7 Å². The zero-order chi connectivity index (χ0) is 31.7. The SMILES string of the molecule is C=CC(=O)CC1CN(CCn2c(C#N)cc3cc(CN4CCC(Nc5ncnc6sc(CC(F)(F)F)cc56)CC4)c(O)cc32)C1. The molecule has 236 valence electrons. The van der Waals surface area contributed by atoms with Gasteiger partial charge in [-0.2, -0.15) is 18.4 Å². The topological polar surface area (TPSA) is 110 Å². The molecule has 2 aliphatic heterocycles. The van der Waals surface area contributed by atoms with E-state index in [0.717, 1.165) is 73.4 Å². The molecule has 13 heteroatoms. The van der Waals surface area contributed by atoms with Crippen molar-refractivity contribution >= 4 is 44.1 Å². The molecule has 1 aromatic carbocycles. The summed E-state index contributed by atoms with van der Waals surface area (Å²) in [5, 5.41) is 25.7. The fraction of sp³-hybridized carbons (Fsp3) is 0.438. The van der Waals surface area contributed by atoms with E-state index in [-0.39, 0.29) is 22.5 Å². The number of phenols is 1. The van der Waals surface area contributed by atoms with Crippen LogP contribution in [0.3, 0.4) is 0 Å². The molecule has 2 N–H and O–H groups in total. The van der Waals surface area contributed by atoms with Crippen LogP contribution < -0.4 is 5.32 Å². The Morgan fingerprint density at radius 3 is 2.64 bits per heavy atom. The molecule has 0 radical (unpaired) electrons. The molecule has 5 heterocycles. The lowest BCUT2D eigenvalue weighted by Gasteiger charge is -2.39. The summed E-state index contributed by atoms with van der Waals surface area (Å²) < 4.78 is 40.7. The number of aromatic hydroxyl groups is 1. The fourth-order valence-corrected chi connectivity index (χ4v) is 7.40. The summed E-state index contributed by atoms with van der Waals surface area (Å²) >= 11 is 1.04. The molecule has 3 aromatic heterocycles. The minimum Gasteiger partial charge on any atom is -0.508 e. The molecule has 0 unspecified atom stereocenters. The number of nitriles is 1. The molecule has 2 saturated heterocycles. The Morgan fingerprint density at radius 1 is 1.16 bits per heavy atom. The quantitative estimate of drug-likeness (QED) is 0.208. The summed E-state index contributed by atoms with van der Waals surface area (Å²) in [6, 6.07) is 9.49. The average Bonchev–Trinajstić information content (AvgIpc) is 3.54. The van der Waals surface area contributed by atoms with E-state index in [1.54, 1.807) is 6.07 Å². The molecule has 6 rings (SSSR count). The molecule has 9 nitrogen and oxygen atoms in total. The van der Waals surface area contributed by atoms with Gasteiger partial charge in [0.2, 0.25) is 0 Å². The molecule has 0 aliphatic carbocycles. The van der Waals surface area contributed by atoms with Crippen LogP contribution in [-0.4, -0.2) is 80.2 Å². The maximum absolute atomic E-state index is 12.9. The van der Waals surface area contributed by atoms with Crippen molar-refractivity contribution in [2.75, 3.05) is 38.0 Å².